The number of rotatable bonds is 4. The van der Waals surface area contributed by atoms with Crippen LogP contribution in [0.3, 0.4) is 0 Å². The number of hydrogen-bond acceptors (Lipinski definition) is 5. The molecule has 7 heteroatoms. The van der Waals surface area contributed by atoms with Gasteiger partial charge in [-0.3, -0.25) is 14.7 Å². The summed E-state index contributed by atoms with van der Waals surface area (Å²) >= 11 is 1.40. The minimum Gasteiger partial charge on any atom is -0.354 e. The molecule has 1 aliphatic rings. The summed E-state index contributed by atoms with van der Waals surface area (Å²) in [7, 11) is 1.65. The third-order valence-corrected chi connectivity index (χ3v) is 5.90. The van der Waals surface area contributed by atoms with E-state index >= 15 is 0 Å². The average molecular weight is 370 g/mol. The molecule has 1 amide bonds. The Bertz CT molecular complexity index is 940. The lowest BCUT2D eigenvalue weighted by molar-refractivity contribution is 0.0966. The van der Waals surface area contributed by atoms with Crippen molar-refractivity contribution in [2.75, 3.05) is 20.1 Å². The van der Waals surface area contributed by atoms with Crippen molar-refractivity contribution in [3.8, 4) is 0 Å². The Hall–Kier alpha value is -2.38. The van der Waals surface area contributed by atoms with Gasteiger partial charge in [0.2, 0.25) is 0 Å². The van der Waals surface area contributed by atoms with Gasteiger partial charge in [0.25, 0.3) is 5.91 Å². The van der Waals surface area contributed by atoms with E-state index in [9.17, 15) is 9.18 Å². The molecule has 3 heterocycles. The molecule has 1 aromatic carbocycles. The molecule has 134 valence electrons. The van der Waals surface area contributed by atoms with Crippen molar-refractivity contribution >= 4 is 27.6 Å². The van der Waals surface area contributed by atoms with Gasteiger partial charge in [-0.15, -0.1) is 11.3 Å². The van der Waals surface area contributed by atoms with Crippen molar-refractivity contribution < 1.29 is 9.18 Å². The Morgan fingerprint density at radius 2 is 2.08 bits per heavy atom. The number of thiophene rings is 1. The van der Waals surface area contributed by atoms with E-state index < -0.39 is 0 Å². The van der Waals surface area contributed by atoms with Gasteiger partial charge in [0.05, 0.1) is 4.88 Å². The topological polar surface area (TPSA) is 58.1 Å². The van der Waals surface area contributed by atoms with E-state index in [2.05, 4.69) is 20.2 Å². The standard InChI is InChI=1S/C19H19FN4OS/c1-21-18(25)17-15(16-19(26-17)23-8-7-22-16)13-6-9-24(11-13)10-12-2-4-14(20)5-3-12/h2-5,7-8,13H,6,9-11H2,1H3,(H,21,25). The van der Waals surface area contributed by atoms with E-state index in [-0.39, 0.29) is 17.6 Å². The maximum Gasteiger partial charge on any atom is 0.261 e. The molecule has 2 aromatic heterocycles. The number of amides is 1. The molecule has 1 N–H and O–H groups in total. The third-order valence-electron chi connectivity index (χ3n) is 4.80. The second-order valence-electron chi connectivity index (χ2n) is 6.48. The molecule has 1 saturated heterocycles. The summed E-state index contributed by atoms with van der Waals surface area (Å²) in [6, 6.07) is 6.64. The van der Waals surface area contributed by atoms with Crippen LogP contribution in [0.1, 0.15) is 33.1 Å². The minimum atomic E-state index is -0.216. The number of carbonyl (C=O) groups excluding carboxylic acids is 1. The quantitative estimate of drug-likeness (QED) is 0.766. The van der Waals surface area contributed by atoms with Crippen molar-refractivity contribution in [2.24, 2.45) is 0 Å². The number of carbonyl (C=O) groups is 1. The number of likely N-dealkylation sites (tertiary alicyclic amines) is 1. The fraction of sp³-hybridized carbons (Fsp3) is 0.316. The fourth-order valence-corrected chi connectivity index (χ4v) is 4.70. The van der Waals surface area contributed by atoms with Crippen LogP contribution in [-0.4, -0.2) is 40.9 Å². The molecule has 1 aliphatic heterocycles. The van der Waals surface area contributed by atoms with E-state index in [1.54, 1.807) is 19.4 Å². The normalized spacial score (nSPS) is 17.7. The van der Waals surface area contributed by atoms with E-state index in [4.69, 9.17) is 0 Å². The van der Waals surface area contributed by atoms with Crippen LogP contribution in [0.25, 0.3) is 10.3 Å². The molecule has 0 saturated carbocycles. The first kappa shape index (κ1) is 17.1. The van der Waals surface area contributed by atoms with E-state index in [0.29, 0.717) is 4.88 Å². The Labute approximate surface area is 154 Å². The van der Waals surface area contributed by atoms with Gasteiger partial charge in [0, 0.05) is 44.0 Å². The molecule has 1 fully saturated rings. The Balaban J connectivity index is 1.60. The number of aromatic nitrogens is 2. The van der Waals surface area contributed by atoms with E-state index in [1.807, 2.05) is 12.1 Å². The highest BCUT2D eigenvalue weighted by Gasteiger charge is 2.31. The monoisotopic (exact) mass is 370 g/mol. The second-order valence-corrected chi connectivity index (χ2v) is 7.48. The third kappa shape index (κ3) is 3.20. The number of nitrogens with zero attached hydrogens (tertiary/aromatic N) is 3. The fourth-order valence-electron chi connectivity index (χ4n) is 3.56. The van der Waals surface area contributed by atoms with Crippen LogP contribution in [0.4, 0.5) is 4.39 Å². The molecule has 3 aromatic rings. The summed E-state index contributed by atoms with van der Waals surface area (Å²) in [5.74, 6) is -0.0541. The minimum absolute atomic E-state index is 0.0817. The smallest absolute Gasteiger partial charge is 0.261 e. The highest BCUT2D eigenvalue weighted by atomic mass is 32.1. The van der Waals surface area contributed by atoms with Gasteiger partial charge >= 0.3 is 0 Å². The van der Waals surface area contributed by atoms with Gasteiger partial charge < -0.3 is 5.32 Å². The molecule has 0 radical (unpaired) electrons. The summed E-state index contributed by atoms with van der Waals surface area (Å²) in [6.07, 6.45) is 4.30. The molecular weight excluding hydrogens is 351 g/mol. The summed E-state index contributed by atoms with van der Waals surface area (Å²) in [4.78, 5) is 25.1. The SMILES string of the molecule is CNC(=O)c1sc2nccnc2c1C1CCN(Cc2ccc(F)cc2)C1. The van der Waals surface area contributed by atoms with Gasteiger partial charge in [-0.2, -0.15) is 0 Å². The first-order valence-electron chi connectivity index (χ1n) is 8.58. The lowest BCUT2D eigenvalue weighted by Crippen LogP contribution is -2.21. The zero-order valence-electron chi connectivity index (χ0n) is 14.4. The van der Waals surface area contributed by atoms with Gasteiger partial charge in [-0.1, -0.05) is 12.1 Å². The first-order valence-corrected chi connectivity index (χ1v) is 9.39. The molecule has 1 unspecified atom stereocenters. The van der Waals surface area contributed by atoms with Crippen molar-refractivity contribution in [2.45, 2.75) is 18.9 Å². The van der Waals surface area contributed by atoms with Crippen molar-refractivity contribution in [1.82, 2.24) is 20.2 Å². The second kappa shape index (κ2) is 7.09. The Morgan fingerprint density at radius 1 is 1.31 bits per heavy atom. The van der Waals surface area contributed by atoms with E-state index in [1.165, 1.54) is 23.5 Å². The summed E-state index contributed by atoms with van der Waals surface area (Å²) in [5, 5.41) is 2.73. The number of halogens is 1. The number of hydrogen-bond donors (Lipinski definition) is 1. The largest absolute Gasteiger partial charge is 0.354 e. The van der Waals surface area contributed by atoms with E-state index in [0.717, 1.165) is 47.5 Å². The Kier molecular flexibility index (Phi) is 4.65. The van der Waals surface area contributed by atoms with Gasteiger partial charge in [0.1, 0.15) is 16.2 Å². The zero-order chi connectivity index (χ0) is 18.1. The van der Waals surface area contributed by atoms with Crippen LogP contribution in [0.5, 0.6) is 0 Å². The molecule has 0 spiro atoms. The summed E-state index contributed by atoms with van der Waals surface area (Å²) in [6.45, 7) is 2.57. The van der Waals surface area contributed by atoms with Crippen LogP contribution < -0.4 is 5.32 Å². The van der Waals surface area contributed by atoms with Crippen molar-refractivity contribution in [1.29, 1.82) is 0 Å². The number of benzene rings is 1. The van der Waals surface area contributed by atoms with Crippen LogP contribution in [0.15, 0.2) is 36.7 Å². The molecule has 4 rings (SSSR count). The molecule has 0 bridgehead atoms. The molecule has 0 aliphatic carbocycles. The number of fused-ring (bicyclic) bond motifs is 1. The predicted octanol–water partition coefficient (Wildman–Crippen LogP) is 3.18. The summed E-state index contributed by atoms with van der Waals surface area (Å²) in [5.41, 5.74) is 2.94. The molecule has 26 heavy (non-hydrogen) atoms. The highest BCUT2D eigenvalue weighted by molar-refractivity contribution is 7.20. The average Bonchev–Trinajstić information content (AvgIpc) is 3.27. The highest BCUT2D eigenvalue weighted by Crippen LogP contribution is 2.38. The molecule has 1 atom stereocenters. The van der Waals surface area contributed by atoms with Crippen molar-refractivity contribution in [3.05, 3.63) is 58.5 Å². The Morgan fingerprint density at radius 3 is 2.85 bits per heavy atom. The van der Waals surface area contributed by atoms with Crippen LogP contribution in [0, 0.1) is 5.82 Å². The lowest BCUT2D eigenvalue weighted by Gasteiger charge is -2.16. The maximum atomic E-state index is 13.1. The summed E-state index contributed by atoms with van der Waals surface area (Å²) < 4.78 is 13.1. The lowest BCUT2D eigenvalue weighted by atomic mass is 9.97. The van der Waals surface area contributed by atoms with Crippen LogP contribution in [0.2, 0.25) is 0 Å². The van der Waals surface area contributed by atoms with Crippen LogP contribution in [-0.2, 0) is 6.54 Å². The van der Waals surface area contributed by atoms with Gasteiger partial charge in [-0.05, 0) is 30.7 Å². The van der Waals surface area contributed by atoms with Crippen molar-refractivity contribution in [3.63, 3.8) is 0 Å². The van der Waals surface area contributed by atoms with Gasteiger partial charge in [-0.25, -0.2) is 9.37 Å². The van der Waals surface area contributed by atoms with Crippen LogP contribution >= 0.6 is 11.3 Å². The number of nitrogens with one attached hydrogen (secondary N) is 1. The van der Waals surface area contributed by atoms with Gasteiger partial charge in [0.15, 0.2) is 0 Å². The molecular formula is C19H19FN4OS. The molecule has 5 nitrogen and oxygen atoms in total. The first-order chi connectivity index (χ1) is 12.7. The maximum absolute atomic E-state index is 13.1. The zero-order valence-corrected chi connectivity index (χ0v) is 15.2. The predicted molar refractivity (Wildman–Crippen MR) is 99.8 cm³/mol.